The Bertz CT molecular complexity index is 865. The van der Waals surface area contributed by atoms with Crippen LogP contribution in [0.25, 0.3) is 0 Å². The Hall–Kier alpha value is -2.63. The fourth-order valence-corrected chi connectivity index (χ4v) is 3.93. The Morgan fingerprint density at radius 1 is 1.04 bits per heavy atom. The minimum Gasteiger partial charge on any atom is -0.496 e. The normalized spacial score (nSPS) is 12.0. The zero-order valence-electron chi connectivity index (χ0n) is 16.3. The molecule has 0 bridgehead atoms. The number of ether oxygens (including phenoxy) is 1. The molecule has 4 nitrogen and oxygen atoms in total. The van der Waals surface area contributed by atoms with Gasteiger partial charge in [0.25, 0.3) is 0 Å². The molecular formula is C23H26N2O2S. The molecule has 146 valence electrons. The summed E-state index contributed by atoms with van der Waals surface area (Å²) in [5, 5.41) is 5.18. The lowest BCUT2D eigenvalue weighted by molar-refractivity contribution is -0.123. The molecule has 0 aliphatic rings. The fourth-order valence-electron chi connectivity index (χ4n) is 3.18. The van der Waals surface area contributed by atoms with E-state index in [1.165, 1.54) is 4.88 Å². The number of nitrogens with zero attached hydrogens (tertiary/aromatic N) is 1. The number of carbonyl (C=O) groups is 1. The molecule has 2 aromatic carbocycles. The first-order chi connectivity index (χ1) is 13.7. The van der Waals surface area contributed by atoms with Gasteiger partial charge in [-0.05, 0) is 30.0 Å². The minimum atomic E-state index is -0.0245. The first-order valence-electron chi connectivity index (χ1n) is 9.36. The van der Waals surface area contributed by atoms with E-state index in [-0.39, 0.29) is 11.9 Å². The van der Waals surface area contributed by atoms with E-state index in [4.69, 9.17) is 4.74 Å². The number of hydrogen-bond donors (Lipinski definition) is 1. The Kier molecular flexibility index (Phi) is 7.23. The molecular weight excluding hydrogens is 368 g/mol. The molecule has 28 heavy (non-hydrogen) atoms. The highest BCUT2D eigenvalue weighted by atomic mass is 32.1. The van der Waals surface area contributed by atoms with E-state index in [0.717, 1.165) is 23.4 Å². The minimum absolute atomic E-state index is 0.0165. The van der Waals surface area contributed by atoms with Crippen LogP contribution in [0.3, 0.4) is 0 Å². The third-order valence-corrected chi connectivity index (χ3v) is 5.45. The summed E-state index contributed by atoms with van der Waals surface area (Å²) in [6, 6.07) is 22.1. The quantitative estimate of drug-likeness (QED) is 0.575. The summed E-state index contributed by atoms with van der Waals surface area (Å²) in [4.78, 5) is 16.1. The molecule has 3 rings (SSSR count). The zero-order chi connectivity index (χ0) is 19.8. The van der Waals surface area contributed by atoms with Gasteiger partial charge in [-0.15, -0.1) is 11.3 Å². The van der Waals surface area contributed by atoms with Crippen molar-refractivity contribution in [1.29, 1.82) is 0 Å². The molecule has 0 radical (unpaired) electrons. The molecule has 0 aliphatic carbocycles. The van der Waals surface area contributed by atoms with Gasteiger partial charge in [0.2, 0.25) is 5.91 Å². The highest BCUT2D eigenvalue weighted by molar-refractivity contribution is 7.09. The third-order valence-electron chi connectivity index (χ3n) is 4.59. The van der Waals surface area contributed by atoms with Crippen LogP contribution < -0.4 is 10.1 Å². The van der Waals surface area contributed by atoms with Gasteiger partial charge >= 0.3 is 0 Å². The van der Waals surface area contributed by atoms with Gasteiger partial charge in [-0.3, -0.25) is 9.69 Å². The second kappa shape index (κ2) is 10.1. The van der Waals surface area contributed by atoms with Crippen molar-refractivity contribution in [2.45, 2.75) is 26.1 Å². The molecule has 0 spiro atoms. The Balaban J connectivity index is 1.68. The number of rotatable bonds is 9. The van der Waals surface area contributed by atoms with Crippen molar-refractivity contribution >= 4 is 17.2 Å². The SMILES string of the molecule is COc1ccccc1CN(CC(=O)NC(C)c1ccccc1)Cc1cccs1. The van der Waals surface area contributed by atoms with Crippen molar-refractivity contribution in [2.75, 3.05) is 13.7 Å². The predicted octanol–water partition coefficient (Wildman–Crippen LogP) is 4.64. The standard InChI is InChI=1S/C23H26N2O2S/c1-18(19-9-4-3-5-10-19)24-23(26)17-25(16-21-12-8-14-28-21)15-20-11-6-7-13-22(20)27-2/h3-14,18H,15-17H2,1-2H3,(H,24,26). The van der Waals surface area contributed by atoms with Crippen LogP contribution in [0.1, 0.15) is 29.0 Å². The Morgan fingerprint density at radius 2 is 1.79 bits per heavy atom. The van der Waals surface area contributed by atoms with E-state index >= 15 is 0 Å². The predicted molar refractivity (Wildman–Crippen MR) is 114 cm³/mol. The van der Waals surface area contributed by atoms with Crippen LogP contribution in [0.5, 0.6) is 5.75 Å². The van der Waals surface area contributed by atoms with Gasteiger partial charge in [0.1, 0.15) is 5.75 Å². The lowest BCUT2D eigenvalue weighted by Gasteiger charge is -2.23. The van der Waals surface area contributed by atoms with Gasteiger partial charge in [-0.2, -0.15) is 0 Å². The van der Waals surface area contributed by atoms with E-state index in [0.29, 0.717) is 13.1 Å². The average molecular weight is 395 g/mol. The third kappa shape index (κ3) is 5.68. The molecule has 5 heteroatoms. The van der Waals surface area contributed by atoms with Crippen molar-refractivity contribution in [3.8, 4) is 5.75 Å². The number of amides is 1. The van der Waals surface area contributed by atoms with Crippen LogP contribution in [0, 0.1) is 0 Å². The van der Waals surface area contributed by atoms with E-state index in [1.807, 2.05) is 67.6 Å². The van der Waals surface area contributed by atoms with Crippen LogP contribution in [0.4, 0.5) is 0 Å². The molecule has 1 N–H and O–H groups in total. The summed E-state index contributed by atoms with van der Waals surface area (Å²) in [6.07, 6.45) is 0. The summed E-state index contributed by atoms with van der Waals surface area (Å²) in [7, 11) is 1.68. The Morgan fingerprint density at radius 3 is 2.50 bits per heavy atom. The second-order valence-corrected chi connectivity index (χ2v) is 7.77. The van der Waals surface area contributed by atoms with Crippen LogP contribution in [0.15, 0.2) is 72.1 Å². The highest BCUT2D eigenvalue weighted by Gasteiger charge is 2.16. The largest absolute Gasteiger partial charge is 0.496 e. The lowest BCUT2D eigenvalue weighted by Crippen LogP contribution is -2.37. The number of para-hydroxylation sites is 1. The highest BCUT2D eigenvalue weighted by Crippen LogP contribution is 2.21. The number of methoxy groups -OCH3 is 1. The van der Waals surface area contributed by atoms with Crippen molar-refractivity contribution < 1.29 is 9.53 Å². The number of nitrogens with one attached hydrogen (secondary N) is 1. The summed E-state index contributed by atoms with van der Waals surface area (Å²) >= 11 is 1.70. The summed E-state index contributed by atoms with van der Waals surface area (Å²) < 4.78 is 5.48. The Labute approximate surface area is 170 Å². The maximum Gasteiger partial charge on any atom is 0.234 e. The van der Waals surface area contributed by atoms with Crippen LogP contribution in [-0.4, -0.2) is 24.5 Å². The van der Waals surface area contributed by atoms with Crippen molar-refractivity contribution in [2.24, 2.45) is 0 Å². The molecule has 0 saturated carbocycles. The van der Waals surface area contributed by atoms with Crippen LogP contribution >= 0.6 is 11.3 Å². The summed E-state index contributed by atoms with van der Waals surface area (Å²) in [5.41, 5.74) is 2.18. The second-order valence-electron chi connectivity index (χ2n) is 6.74. The number of hydrogen-bond acceptors (Lipinski definition) is 4. The fraction of sp³-hybridized carbons (Fsp3) is 0.261. The van der Waals surface area contributed by atoms with Crippen LogP contribution in [0.2, 0.25) is 0 Å². The van der Waals surface area contributed by atoms with E-state index in [1.54, 1.807) is 18.4 Å². The summed E-state index contributed by atoms with van der Waals surface area (Å²) in [6.45, 7) is 3.71. The maximum absolute atomic E-state index is 12.7. The smallest absolute Gasteiger partial charge is 0.234 e. The van der Waals surface area contributed by atoms with Gasteiger partial charge in [-0.25, -0.2) is 0 Å². The lowest BCUT2D eigenvalue weighted by atomic mass is 10.1. The first kappa shape index (κ1) is 20.1. The molecule has 0 saturated heterocycles. The van der Waals surface area contributed by atoms with Crippen molar-refractivity contribution in [3.05, 3.63) is 88.1 Å². The van der Waals surface area contributed by atoms with Gasteiger partial charge < -0.3 is 10.1 Å². The van der Waals surface area contributed by atoms with E-state index in [2.05, 4.69) is 21.7 Å². The van der Waals surface area contributed by atoms with Gasteiger partial charge in [0, 0.05) is 23.5 Å². The van der Waals surface area contributed by atoms with Crippen molar-refractivity contribution in [1.82, 2.24) is 10.2 Å². The zero-order valence-corrected chi connectivity index (χ0v) is 17.1. The molecule has 0 aliphatic heterocycles. The molecule has 1 unspecified atom stereocenters. The molecule has 3 aromatic rings. The topological polar surface area (TPSA) is 41.6 Å². The molecule has 0 fully saturated rings. The molecule has 1 heterocycles. The maximum atomic E-state index is 12.7. The van der Waals surface area contributed by atoms with E-state index in [9.17, 15) is 4.79 Å². The van der Waals surface area contributed by atoms with Gasteiger partial charge in [-0.1, -0.05) is 54.6 Å². The first-order valence-corrected chi connectivity index (χ1v) is 10.2. The number of benzene rings is 2. The average Bonchev–Trinajstić information content (AvgIpc) is 3.22. The monoisotopic (exact) mass is 394 g/mol. The summed E-state index contributed by atoms with van der Waals surface area (Å²) in [5.74, 6) is 0.861. The molecule has 1 amide bonds. The number of thiophene rings is 1. The van der Waals surface area contributed by atoms with Gasteiger partial charge in [0.15, 0.2) is 0 Å². The van der Waals surface area contributed by atoms with E-state index < -0.39 is 0 Å². The van der Waals surface area contributed by atoms with Gasteiger partial charge in [0.05, 0.1) is 19.7 Å². The number of carbonyl (C=O) groups excluding carboxylic acids is 1. The van der Waals surface area contributed by atoms with Crippen LogP contribution in [-0.2, 0) is 17.9 Å². The molecule has 1 atom stereocenters. The molecule has 1 aromatic heterocycles. The van der Waals surface area contributed by atoms with Crippen molar-refractivity contribution in [3.63, 3.8) is 0 Å².